The van der Waals surface area contributed by atoms with Gasteiger partial charge in [-0.1, -0.05) is 0 Å². The van der Waals surface area contributed by atoms with Gasteiger partial charge in [0.25, 0.3) is 6.43 Å². The molecule has 0 bridgehead atoms. The zero-order valence-corrected chi connectivity index (χ0v) is 19.0. The largest absolute Gasteiger partial charge is 0.444 e. The number of urea groups is 1. The quantitative estimate of drug-likeness (QED) is 0.592. The van der Waals surface area contributed by atoms with Crippen molar-refractivity contribution in [2.75, 3.05) is 68.9 Å². The third kappa shape index (κ3) is 5.96. The monoisotopic (exact) mass is 500 g/mol. The fourth-order valence-corrected chi connectivity index (χ4v) is 4.17. The number of halogens is 3. The van der Waals surface area contributed by atoms with Crippen LogP contribution in [0.25, 0.3) is 0 Å². The number of hydrogen-bond acceptors (Lipinski definition) is 7. The van der Waals surface area contributed by atoms with E-state index in [0.29, 0.717) is 45.1 Å². The first-order chi connectivity index (χ1) is 16.8. The number of carbonyl (C=O) groups excluding carboxylic acids is 3. The van der Waals surface area contributed by atoms with Crippen molar-refractivity contribution in [2.45, 2.75) is 25.4 Å². The molecule has 0 saturated carbocycles. The number of hydrogen-bond donors (Lipinski definition) is 0. The first-order valence-electron chi connectivity index (χ1n) is 11.4. The zero-order chi connectivity index (χ0) is 24.9. The molecule has 35 heavy (non-hydrogen) atoms. The fraction of sp³-hybridized carbons (Fsp3) is 0.591. The molecule has 3 aliphatic rings. The van der Waals surface area contributed by atoms with Crippen LogP contribution in [0.3, 0.4) is 0 Å². The third-order valence-electron chi connectivity index (χ3n) is 6.09. The van der Waals surface area contributed by atoms with Crippen LogP contribution >= 0.6 is 0 Å². The second kappa shape index (κ2) is 11.1. The molecule has 0 aromatic heterocycles. The number of morpholine rings is 1. The Balaban J connectivity index is 1.35. The summed E-state index contributed by atoms with van der Waals surface area (Å²) in [6, 6.07) is 4.05. The summed E-state index contributed by atoms with van der Waals surface area (Å²) in [6.07, 6.45) is -4.95. The predicted molar refractivity (Wildman–Crippen MR) is 117 cm³/mol. The molecule has 0 spiro atoms. The molecule has 1 atom stereocenters. The molecule has 0 N–H and O–H groups in total. The summed E-state index contributed by atoms with van der Waals surface area (Å²) in [7, 11) is 0. The number of Topliss-reactive ketones (excluding diaryl/α,β-unsaturated/α-hetero) is 1. The molecule has 0 radical (unpaired) electrons. The van der Waals surface area contributed by atoms with Crippen molar-refractivity contribution in [3.8, 4) is 0 Å². The van der Waals surface area contributed by atoms with E-state index < -0.39 is 36.6 Å². The van der Waals surface area contributed by atoms with Gasteiger partial charge < -0.3 is 19.3 Å². The number of ether oxygens (including phenoxy) is 2. The van der Waals surface area contributed by atoms with Gasteiger partial charge >= 0.3 is 12.1 Å². The summed E-state index contributed by atoms with van der Waals surface area (Å²) in [4.78, 5) is 46.2. The minimum absolute atomic E-state index is 0.0283. The van der Waals surface area contributed by atoms with Gasteiger partial charge in [-0.2, -0.15) is 0 Å². The number of benzene rings is 1. The van der Waals surface area contributed by atoms with Crippen molar-refractivity contribution in [1.82, 2.24) is 9.96 Å². The van der Waals surface area contributed by atoms with Crippen LogP contribution in [0.15, 0.2) is 18.2 Å². The lowest BCUT2D eigenvalue weighted by atomic mass is 10.1. The van der Waals surface area contributed by atoms with Crippen LogP contribution in [-0.4, -0.2) is 99.5 Å². The fourth-order valence-electron chi connectivity index (χ4n) is 4.17. The summed E-state index contributed by atoms with van der Waals surface area (Å²) < 4.78 is 50.2. The lowest BCUT2D eigenvalue weighted by Gasteiger charge is -2.31. The van der Waals surface area contributed by atoms with Gasteiger partial charge in [0.05, 0.1) is 44.3 Å². The van der Waals surface area contributed by atoms with Gasteiger partial charge in [0, 0.05) is 32.6 Å². The van der Waals surface area contributed by atoms with Gasteiger partial charge in [0.15, 0.2) is 5.78 Å². The second-order valence-corrected chi connectivity index (χ2v) is 8.36. The summed E-state index contributed by atoms with van der Waals surface area (Å²) >= 11 is 0. The van der Waals surface area contributed by atoms with E-state index in [1.165, 1.54) is 22.1 Å². The van der Waals surface area contributed by atoms with E-state index in [1.54, 1.807) is 15.9 Å². The molecule has 13 heteroatoms. The normalized spacial score (nSPS) is 21.4. The van der Waals surface area contributed by atoms with Crippen molar-refractivity contribution in [1.29, 1.82) is 0 Å². The van der Waals surface area contributed by atoms with Gasteiger partial charge in [0.2, 0.25) is 0 Å². The summed E-state index contributed by atoms with van der Waals surface area (Å²) in [5.74, 6) is -1.78. The van der Waals surface area contributed by atoms with Gasteiger partial charge in [-0.05, 0) is 24.6 Å². The smallest absolute Gasteiger partial charge is 0.414 e. The number of amides is 3. The number of carbonyl (C=O) groups is 3. The molecule has 4 rings (SSSR count). The average Bonchev–Trinajstić information content (AvgIpc) is 3.06. The highest BCUT2D eigenvalue weighted by atomic mass is 19.3. The number of ketones is 1. The molecule has 192 valence electrons. The van der Waals surface area contributed by atoms with E-state index in [0.717, 1.165) is 0 Å². The predicted octanol–water partition coefficient (Wildman–Crippen LogP) is 2.27. The third-order valence-corrected chi connectivity index (χ3v) is 6.09. The van der Waals surface area contributed by atoms with Gasteiger partial charge in [-0.3, -0.25) is 14.5 Å². The Hall–Kier alpha value is -3.06. The second-order valence-electron chi connectivity index (χ2n) is 8.36. The topological polar surface area (TPSA) is 91.9 Å². The maximum absolute atomic E-state index is 15.0. The van der Waals surface area contributed by atoms with Crippen LogP contribution in [-0.2, 0) is 19.1 Å². The van der Waals surface area contributed by atoms with E-state index in [1.807, 2.05) is 0 Å². The van der Waals surface area contributed by atoms with Crippen LogP contribution in [0.2, 0.25) is 0 Å². The lowest BCUT2D eigenvalue weighted by Crippen LogP contribution is -2.48. The highest BCUT2D eigenvalue weighted by Gasteiger charge is 2.34. The Bertz CT molecular complexity index is 946. The molecule has 1 aromatic carbocycles. The molecule has 0 aliphatic carbocycles. The highest BCUT2D eigenvalue weighted by Crippen LogP contribution is 2.29. The molecule has 3 amide bonds. The van der Waals surface area contributed by atoms with E-state index in [-0.39, 0.29) is 37.8 Å². The van der Waals surface area contributed by atoms with Gasteiger partial charge in [0.1, 0.15) is 11.9 Å². The molecule has 3 aliphatic heterocycles. The lowest BCUT2D eigenvalue weighted by molar-refractivity contribution is -0.129. The van der Waals surface area contributed by atoms with Crippen LogP contribution < -0.4 is 9.80 Å². The van der Waals surface area contributed by atoms with Crippen molar-refractivity contribution < 1.29 is 41.9 Å². The van der Waals surface area contributed by atoms with Gasteiger partial charge in [-0.25, -0.2) is 27.8 Å². The Morgan fingerprint density at radius 2 is 1.83 bits per heavy atom. The molecule has 0 unspecified atom stereocenters. The zero-order valence-electron chi connectivity index (χ0n) is 19.0. The standard InChI is InChI=1S/C22H27F3N4O6/c23-17-13-15(28-14-16(35-22(28)32)2-4-19(30)20(24)25)1-3-18(17)26-5-6-29(34-12-9-26)21(31)27-7-10-33-11-8-27/h1,3,13,16,20H,2,4-12,14H2/t16-/m0/s1. The Kier molecular flexibility index (Phi) is 7.96. The summed E-state index contributed by atoms with van der Waals surface area (Å²) in [6.45, 7) is 3.09. The Morgan fingerprint density at radius 3 is 2.54 bits per heavy atom. The van der Waals surface area contributed by atoms with Crippen molar-refractivity contribution in [3.05, 3.63) is 24.0 Å². The maximum atomic E-state index is 15.0. The SMILES string of the molecule is O=C(CC[C@H]1CN(c2ccc(N3CCON(C(=O)N4CCOCC4)CC3)c(F)c2)C(=O)O1)C(F)F. The highest BCUT2D eigenvalue weighted by molar-refractivity contribution is 5.90. The molecular weight excluding hydrogens is 473 g/mol. The average molecular weight is 500 g/mol. The summed E-state index contributed by atoms with van der Waals surface area (Å²) in [5, 5.41) is 1.29. The first kappa shape index (κ1) is 25.0. The number of rotatable bonds is 6. The van der Waals surface area contributed by atoms with Crippen molar-refractivity contribution in [3.63, 3.8) is 0 Å². The molecule has 3 heterocycles. The Morgan fingerprint density at radius 1 is 1.06 bits per heavy atom. The number of anilines is 2. The van der Waals surface area contributed by atoms with E-state index in [9.17, 15) is 23.2 Å². The minimum atomic E-state index is -3.06. The number of cyclic esters (lactones) is 1. The molecule has 3 saturated heterocycles. The summed E-state index contributed by atoms with van der Waals surface area (Å²) in [5.41, 5.74) is 0.554. The van der Waals surface area contributed by atoms with E-state index in [4.69, 9.17) is 14.3 Å². The van der Waals surface area contributed by atoms with E-state index >= 15 is 4.39 Å². The van der Waals surface area contributed by atoms with Crippen LogP contribution in [0, 0.1) is 5.82 Å². The molecular formula is C22H27F3N4O6. The molecule has 3 fully saturated rings. The first-order valence-corrected chi connectivity index (χ1v) is 11.4. The van der Waals surface area contributed by atoms with Crippen molar-refractivity contribution >= 4 is 29.3 Å². The number of alkyl halides is 2. The maximum Gasteiger partial charge on any atom is 0.414 e. The number of nitrogens with zero attached hydrogens (tertiary/aromatic N) is 4. The van der Waals surface area contributed by atoms with Crippen LogP contribution in [0.1, 0.15) is 12.8 Å². The van der Waals surface area contributed by atoms with Crippen LogP contribution in [0.4, 0.5) is 34.1 Å². The number of hydroxylamine groups is 2. The van der Waals surface area contributed by atoms with Gasteiger partial charge in [-0.15, -0.1) is 0 Å². The molecule has 1 aromatic rings. The van der Waals surface area contributed by atoms with Crippen LogP contribution in [0.5, 0.6) is 0 Å². The van der Waals surface area contributed by atoms with E-state index in [2.05, 4.69) is 0 Å². The Labute approximate surface area is 200 Å². The molecule has 10 nitrogen and oxygen atoms in total. The van der Waals surface area contributed by atoms with Crippen molar-refractivity contribution in [2.24, 2.45) is 0 Å². The minimum Gasteiger partial charge on any atom is -0.444 e.